The molecule has 0 unspecified atom stereocenters. The van der Waals surface area contributed by atoms with Crippen molar-refractivity contribution in [3.05, 3.63) is 45.4 Å². The van der Waals surface area contributed by atoms with E-state index in [0.717, 1.165) is 11.3 Å². The first-order chi connectivity index (χ1) is 11.1. The largest absolute Gasteiger partial charge is 0.510 e. The third-order valence-electron chi connectivity index (χ3n) is 3.59. The quantitative estimate of drug-likeness (QED) is 0.864. The third-order valence-corrected chi connectivity index (χ3v) is 4.68. The number of nitrogens with one attached hydrogen (secondary N) is 1. The Morgan fingerprint density at radius 1 is 1.48 bits per heavy atom. The minimum absolute atomic E-state index is 0.179. The van der Waals surface area contributed by atoms with E-state index in [4.69, 9.17) is 21.7 Å². The van der Waals surface area contributed by atoms with E-state index in [0.29, 0.717) is 35.3 Å². The van der Waals surface area contributed by atoms with E-state index < -0.39 is 0 Å². The zero-order valence-electron chi connectivity index (χ0n) is 12.5. The molecule has 0 spiro atoms. The maximum Gasteiger partial charge on any atom is 0.135 e. The first-order valence-electron chi connectivity index (χ1n) is 7.07. The summed E-state index contributed by atoms with van der Waals surface area (Å²) >= 11 is 7.43. The van der Waals surface area contributed by atoms with E-state index in [2.05, 4.69) is 4.98 Å². The van der Waals surface area contributed by atoms with Crippen LogP contribution in [0.25, 0.3) is 16.8 Å². The van der Waals surface area contributed by atoms with Crippen molar-refractivity contribution < 1.29 is 9.84 Å². The summed E-state index contributed by atoms with van der Waals surface area (Å²) in [6.07, 6.45) is 0. The van der Waals surface area contributed by atoms with E-state index in [-0.39, 0.29) is 11.6 Å². The summed E-state index contributed by atoms with van der Waals surface area (Å²) in [5.41, 5.74) is 2.20. The van der Waals surface area contributed by atoms with Crippen LogP contribution in [0.4, 0.5) is 0 Å². The molecule has 0 saturated carbocycles. The number of hydrogen-bond donors (Lipinski definition) is 2. The van der Waals surface area contributed by atoms with Crippen molar-refractivity contribution in [1.29, 1.82) is 5.41 Å². The van der Waals surface area contributed by atoms with Gasteiger partial charge in [0, 0.05) is 29.6 Å². The Balaban J connectivity index is 1.86. The summed E-state index contributed by atoms with van der Waals surface area (Å²) < 4.78 is 5.04. The van der Waals surface area contributed by atoms with Crippen molar-refractivity contribution >= 4 is 34.3 Å². The number of rotatable bonds is 5. The number of hydrogen-bond acceptors (Lipinski definition) is 5. The van der Waals surface area contributed by atoms with Gasteiger partial charge in [0.15, 0.2) is 0 Å². The van der Waals surface area contributed by atoms with Crippen molar-refractivity contribution in [2.24, 2.45) is 0 Å². The fraction of sp³-hybridized carbons (Fsp3) is 0.250. The number of amidine groups is 1. The fourth-order valence-electron chi connectivity index (χ4n) is 2.42. The highest BCUT2D eigenvalue weighted by Crippen LogP contribution is 2.32. The molecule has 0 radical (unpaired) electrons. The highest BCUT2D eigenvalue weighted by Gasteiger charge is 2.29. The van der Waals surface area contributed by atoms with E-state index in [1.165, 1.54) is 11.3 Å². The number of halogens is 1. The fourth-order valence-corrected chi connectivity index (χ4v) is 3.51. The molecule has 1 aliphatic heterocycles. The molecule has 0 bridgehead atoms. The third kappa shape index (κ3) is 3.24. The average Bonchev–Trinajstić information content (AvgIpc) is 3.10. The number of nitrogens with zero attached hydrogens (tertiary/aromatic N) is 2. The summed E-state index contributed by atoms with van der Waals surface area (Å²) in [7, 11) is 1.62. The Bertz CT molecular complexity index is 772. The number of aromatic nitrogens is 1. The Hall–Kier alpha value is -1.89. The number of aliphatic hydroxyl groups excluding tert-OH is 1. The topological polar surface area (TPSA) is 69.4 Å². The molecular formula is C16H16ClN3O2S. The Kier molecular flexibility index (Phi) is 4.66. The van der Waals surface area contributed by atoms with Gasteiger partial charge in [0.2, 0.25) is 0 Å². The van der Waals surface area contributed by atoms with Gasteiger partial charge in [0.25, 0.3) is 0 Å². The zero-order chi connectivity index (χ0) is 16.4. The van der Waals surface area contributed by atoms with Crippen molar-refractivity contribution in [2.45, 2.75) is 0 Å². The van der Waals surface area contributed by atoms with Crippen LogP contribution in [-0.4, -0.2) is 47.6 Å². The van der Waals surface area contributed by atoms with Gasteiger partial charge in [0.1, 0.15) is 16.6 Å². The molecule has 120 valence electrons. The molecule has 0 atom stereocenters. The van der Waals surface area contributed by atoms with Gasteiger partial charge >= 0.3 is 0 Å². The number of aliphatic hydroxyl groups is 1. The lowest BCUT2D eigenvalue weighted by molar-refractivity contribution is 0.177. The van der Waals surface area contributed by atoms with E-state index in [1.807, 2.05) is 29.6 Å². The van der Waals surface area contributed by atoms with Crippen LogP contribution in [0.15, 0.2) is 35.4 Å². The lowest BCUT2D eigenvalue weighted by Gasteiger charge is -2.17. The second-order valence-electron chi connectivity index (χ2n) is 5.13. The molecule has 2 N–H and O–H groups in total. The predicted molar refractivity (Wildman–Crippen MR) is 93.3 cm³/mol. The van der Waals surface area contributed by atoms with Gasteiger partial charge in [-0.3, -0.25) is 5.41 Å². The first-order valence-corrected chi connectivity index (χ1v) is 8.32. The molecule has 0 saturated heterocycles. The average molecular weight is 350 g/mol. The Morgan fingerprint density at radius 2 is 2.30 bits per heavy atom. The van der Waals surface area contributed by atoms with E-state index in [1.54, 1.807) is 12.0 Å². The molecule has 2 heterocycles. The normalized spacial score (nSPS) is 14.9. The summed E-state index contributed by atoms with van der Waals surface area (Å²) in [5, 5.41) is 21.7. The van der Waals surface area contributed by atoms with Crippen molar-refractivity contribution in [2.75, 3.05) is 26.8 Å². The molecule has 0 fully saturated rings. The van der Waals surface area contributed by atoms with Gasteiger partial charge in [-0.25, -0.2) is 4.98 Å². The summed E-state index contributed by atoms with van der Waals surface area (Å²) in [5.74, 6) is 0.463. The van der Waals surface area contributed by atoms with Crippen molar-refractivity contribution in [3.8, 4) is 11.3 Å². The molecule has 7 heteroatoms. The monoisotopic (exact) mass is 349 g/mol. The number of benzene rings is 1. The minimum Gasteiger partial charge on any atom is -0.510 e. The molecule has 2 aromatic rings. The predicted octanol–water partition coefficient (Wildman–Crippen LogP) is 3.67. The Morgan fingerprint density at radius 3 is 3.04 bits per heavy atom. The number of thiazole rings is 1. The van der Waals surface area contributed by atoms with Gasteiger partial charge in [-0.1, -0.05) is 23.7 Å². The molecule has 0 amide bonds. The lowest BCUT2D eigenvalue weighted by Crippen LogP contribution is -2.29. The molecular weight excluding hydrogens is 334 g/mol. The van der Waals surface area contributed by atoms with Gasteiger partial charge in [0.05, 0.1) is 24.4 Å². The molecule has 5 nitrogen and oxygen atoms in total. The molecule has 1 aromatic carbocycles. The van der Waals surface area contributed by atoms with Gasteiger partial charge < -0.3 is 14.7 Å². The van der Waals surface area contributed by atoms with E-state index >= 15 is 0 Å². The van der Waals surface area contributed by atoms with Crippen LogP contribution in [0.2, 0.25) is 5.02 Å². The zero-order valence-corrected chi connectivity index (χ0v) is 14.1. The highest BCUT2D eigenvalue weighted by atomic mass is 35.5. The number of methoxy groups -OCH3 is 1. The van der Waals surface area contributed by atoms with Gasteiger partial charge in [-0.2, -0.15) is 0 Å². The number of ether oxygens (including phenoxy) is 1. The first kappa shape index (κ1) is 16.0. The minimum atomic E-state index is 0.179. The van der Waals surface area contributed by atoms with Crippen LogP contribution in [0, 0.1) is 5.41 Å². The van der Waals surface area contributed by atoms with Crippen LogP contribution in [-0.2, 0) is 4.74 Å². The second-order valence-corrected chi connectivity index (χ2v) is 6.43. The van der Waals surface area contributed by atoms with Crippen molar-refractivity contribution in [3.63, 3.8) is 0 Å². The highest BCUT2D eigenvalue weighted by molar-refractivity contribution is 7.11. The maximum atomic E-state index is 10.2. The van der Waals surface area contributed by atoms with Crippen LogP contribution >= 0.6 is 22.9 Å². The standard InChI is InChI=1S/C16H16ClN3O2S/c1-22-6-5-20-8-13(21)14(15(20)18)16-19-12(9-23-16)10-3-2-4-11(17)7-10/h2-4,7,9,18,21H,5-6,8H2,1H3. The molecule has 1 aliphatic rings. The van der Waals surface area contributed by atoms with Crippen LogP contribution < -0.4 is 0 Å². The molecule has 1 aromatic heterocycles. The van der Waals surface area contributed by atoms with Crippen LogP contribution in [0.1, 0.15) is 5.01 Å². The molecule has 3 rings (SSSR count). The maximum absolute atomic E-state index is 10.2. The second kappa shape index (κ2) is 6.70. The van der Waals surface area contributed by atoms with Crippen LogP contribution in [0.3, 0.4) is 0 Å². The van der Waals surface area contributed by atoms with E-state index in [9.17, 15) is 5.11 Å². The smallest absolute Gasteiger partial charge is 0.135 e. The van der Waals surface area contributed by atoms with Crippen LogP contribution in [0.5, 0.6) is 0 Å². The summed E-state index contributed by atoms with van der Waals surface area (Å²) in [6, 6.07) is 7.47. The Labute approximate surface area is 143 Å². The molecule has 23 heavy (non-hydrogen) atoms. The van der Waals surface area contributed by atoms with Gasteiger partial charge in [-0.15, -0.1) is 11.3 Å². The SMILES string of the molecule is COCCN1CC(O)=C(c2nc(-c3cccc(Cl)c3)cs2)C1=N. The lowest BCUT2D eigenvalue weighted by atomic mass is 10.2. The summed E-state index contributed by atoms with van der Waals surface area (Å²) in [6.45, 7) is 1.40. The molecule has 0 aliphatic carbocycles. The summed E-state index contributed by atoms with van der Waals surface area (Å²) in [4.78, 5) is 6.33. The van der Waals surface area contributed by atoms with Gasteiger partial charge in [-0.05, 0) is 12.1 Å². The van der Waals surface area contributed by atoms with Crippen molar-refractivity contribution in [1.82, 2.24) is 9.88 Å².